The first-order chi connectivity index (χ1) is 10.1. The average molecular weight is 311 g/mol. The third kappa shape index (κ3) is 3.46. The second-order valence-corrected chi connectivity index (χ2v) is 4.96. The molecule has 1 atom stereocenters. The monoisotopic (exact) mass is 310 g/mol. The van der Waals surface area contributed by atoms with E-state index in [2.05, 4.69) is 0 Å². The molecule has 21 heavy (non-hydrogen) atoms. The van der Waals surface area contributed by atoms with Crippen LogP contribution in [-0.4, -0.2) is 19.3 Å². The van der Waals surface area contributed by atoms with Crippen LogP contribution in [0.1, 0.15) is 17.2 Å². The maximum atomic E-state index is 13.9. The molecule has 0 aliphatic heterocycles. The largest absolute Gasteiger partial charge is 0.493 e. The smallest absolute Gasteiger partial charge is 0.160 e. The third-order valence-corrected chi connectivity index (χ3v) is 3.51. The minimum atomic E-state index is -0.984. The zero-order chi connectivity index (χ0) is 15.4. The van der Waals surface area contributed by atoms with Crippen molar-refractivity contribution in [3.05, 3.63) is 58.4 Å². The van der Waals surface area contributed by atoms with Crippen molar-refractivity contribution in [1.29, 1.82) is 0 Å². The van der Waals surface area contributed by atoms with E-state index in [4.69, 9.17) is 21.1 Å². The lowest BCUT2D eigenvalue weighted by Crippen LogP contribution is -2.05. The van der Waals surface area contributed by atoms with Crippen LogP contribution in [-0.2, 0) is 6.42 Å². The molecule has 2 aromatic rings. The molecule has 0 saturated heterocycles. The minimum absolute atomic E-state index is 0.00105. The zero-order valence-corrected chi connectivity index (χ0v) is 12.5. The molecule has 0 bridgehead atoms. The molecule has 0 aliphatic carbocycles. The van der Waals surface area contributed by atoms with E-state index in [1.165, 1.54) is 19.2 Å². The van der Waals surface area contributed by atoms with Gasteiger partial charge in [-0.25, -0.2) is 4.39 Å². The maximum Gasteiger partial charge on any atom is 0.160 e. The Balaban J connectivity index is 2.23. The first kappa shape index (κ1) is 15.6. The Kier molecular flexibility index (Phi) is 5.04. The number of aliphatic hydroxyl groups excluding tert-OH is 1. The number of rotatable bonds is 5. The summed E-state index contributed by atoms with van der Waals surface area (Å²) >= 11 is 5.73. The van der Waals surface area contributed by atoms with Gasteiger partial charge >= 0.3 is 0 Å². The molecule has 5 heteroatoms. The molecule has 1 N–H and O–H groups in total. The van der Waals surface area contributed by atoms with Crippen LogP contribution < -0.4 is 9.47 Å². The summed E-state index contributed by atoms with van der Waals surface area (Å²) in [7, 11) is 3.09. The molecule has 1 unspecified atom stereocenters. The fourth-order valence-electron chi connectivity index (χ4n) is 2.12. The molecule has 0 spiro atoms. The number of halogens is 2. The SMILES string of the molecule is COc1ccc(CC(O)c2cccc(Cl)c2F)cc1OC. The summed E-state index contributed by atoms with van der Waals surface area (Å²) in [5.41, 5.74) is 0.983. The molecule has 0 heterocycles. The molecule has 112 valence electrons. The highest BCUT2D eigenvalue weighted by atomic mass is 35.5. The Bertz CT molecular complexity index is 631. The van der Waals surface area contributed by atoms with E-state index in [-0.39, 0.29) is 17.0 Å². The van der Waals surface area contributed by atoms with E-state index in [0.717, 1.165) is 5.56 Å². The van der Waals surface area contributed by atoms with E-state index in [9.17, 15) is 9.50 Å². The topological polar surface area (TPSA) is 38.7 Å². The fourth-order valence-corrected chi connectivity index (χ4v) is 2.30. The first-order valence-corrected chi connectivity index (χ1v) is 6.77. The summed E-state index contributed by atoms with van der Waals surface area (Å²) in [6.07, 6.45) is -0.737. The van der Waals surface area contributed by atoms with Crippen LogP contribution in [0.15, 0.2) is 36.4 Å². The third-order valence-electron chi connectivity index (χ3n) is 3.22. The van der Waals surface area contributed by atoms with Crippen LogP contribution >= 0.6 is 11.6 Å². The van der Waals surface area contributed by atoms with Crippen molar-refractivity contribution in [2.24, 2.45) is 0 Å². The zero-order valence-electron chi connectivity index (χ0n) is 11.8. The van der Waals surface area contributed by atoms with Crippen molar-refractivity contribution in [3.8, 4) is 11.5 Å². The molecule has 2 aromatic carbocycles. The van der Waals surface area contributed by atoms with Crippen molar-refractivity contribution in [2.75, 3.05) is 14.2 Å². The van der Waals surface area contributed by atoms with Gasteiger partial charge in [0, 0.05) is 12.0 Å². The summed E-state index contributed by atoms with van der Waals surface area (Å²) < 4.78 is 24.2. The number of benzene rings is 2. The molecular formula is C16H16ClFO3. The van der Waals surface area contributed by atoms with Crippen LogP contribution in [0, 0.1) is 5.82 Å². The summed E-state index contributed by atoms with van der Waals surface area (Å²) in [6, 6.07) is 9.88. The van der Waals surface area contributed by atoms with E-state index < -0.39 is 11.9 Å². The summed E-state index contributed by atoms with van der Waals surface area (Å²) in [5, 5.41) is 10.2. The van der Waals surface area contributed by atoms with Gasteiger partial charge < -0.3 is 14.6 Å². The number of aliphatic hydroxyl groups is 1. The second kappa shape index (κ2) is 6.78. The van der Waals surface area contributed by atoms with Crippen LogP contribution in [0.4, 0.5) is 4.39 Å². The number of ether oxygens (including phenoxy) is 2. The first-order valence-electron chi connectivity index (χ1n) is 6.39. The summed E-state index contributed by atoms with van der Waals surface area (Å²) in [5.74, 6) is 0.575. The van der Waals surface area contributed by atoms with E-state index in [1.807, 2.05) is 0 Å². The van der Waals surface area contributed by atoms with E-state index >= 15 is 0 Å². The number of hydrogen-bond donors (Lipinski definition) is 1. The van der Waals surface area contributed by atoms with Crippen LogP contribution in [0.5, 0.6) is 11.5 Å². The average Bonchev–Trinajstić information content (AvgIpc) is 2.49. The van der Waals surface area contributed by atoms with Gasteiger partial charge in [0.25, 0.3) is 0 Å². The molecule has 0 saturated carbocycles. The predicted molar refractivity (Wildman–Crippen MR) is 79.6 cm³/mol. The van der Waals surface area contributed by atoms with Gasteiger partial charge in [0.1, 0.15) is 5.82 Å². The van der Waals surface area contributed by atoms with Gasteiger partial charge in [-0.3, -0.25) is 0 Å². The highest BCUT2D eigenvalue weighted by molar-refractivity contribution is 6.30. The number of hydrogen-bond acceptors (Lipinski definition) is 3. The normalized spacial score (nSPS) is 12.0. The van der Waals surface area contributed by atoms with E-state index in [0.29, 0.717) is 11.5 Å². The molecular weight excluding hydrogens is 295 g/mol. The predicted octanol–water partition coefficient (Wildman–Crippen LogP) is 3.77. The number of methoxy groups -OCH3 is 2. The van der Waals surface area contributed by atoms with Gasteiger partial charge in [0.15, 0.2) is 11.5 Å². The van der Waals surface area contributed by atoms with Gasteiger partial charge in [-0.1, -0.05) is 29.8 Å². The van der Waals surface area contributed by atoms with Gasteiger partial charge in [-0.2, -0.15) is 0 Å². The van der Waals surface area contributed by atoms with Gasteiger partial charge in [-0.15, -0.1) is 0 Å². The van der Waals surface area contributed by atoms with Crippen LogP contribution in [0.25, 0.3) is 0 Å². The molecule has 0 aromatic heterocycles. The summed E-state index contributed by atoms with van der Waals surface area (Å²) in [4.78, 5) is 0. The highest BCUT2D eigenvalue weighted by Gasteiger charge is 2.16. The Hall–Kier alpha value is -1.78. The molecule has 0 radical (unpaired) electrons. The minimum Gasteiger partial charge on any atom is -0.493 e. The van der Waals surface area contributed by atoms with Crippen LogP contribution in [0.3, 0.4) is 0 Å². The Labute approximate surface area is 127 Å². The lowest BCUT2D eigenvalue weighted by Gasteiger charge is -2.14. The van der Waals surface area contributed by atoms with Gasteiger partial charge in [0.05, 0.1) is 25.3 Å². The standard InChI is InChI=1S/C16H16ClFO3/c1-20-14-7-6-10(9-15(14)21-2)8-13(19)11-4-3-5-12(17)16(11)18/h3-7,9,13,19H,8H2,1-2H3. The second-order valence-electron chi connectivity index (χ2n) is 4.55. The van der Waals surface area contributed by atoms with Crippen molar-refractivity contribution < 1.29 is 19.0 Å². The molecule has 2 rings (SSSR count). The highest BCUT2D eigenvalue weighted by Crippen LogP contribution is 2.31. The van der Waals surface area contributed by atoms with Crippen molar-refractivity contribution in [1.82, 2.24) is 0 Å². The van der Waals surface area contributed by atoms with Crippen molar-refractivity contribution in [3.63, 3.8) is 0 Å². The van der Waals surface area contributed by atoms with Crippen LogP contribution in [0.2, 0.25) is 5.02 Å². The molecule has 3 nitrogen and oxygen atoms in total. The lowest BCUT2D eigenvalue weighted by atomic mass is 10.0. The molecule has 0 fully saturated rings. The lowest BCUT2D eigenvalue weighted by molar-refractivity contribution is 0.173. The van der Waals surface area contributed by atoms with Gasteiger partial charge in [-0.05, 0) is 23.8 Å². The Morgan fingerprint density at radius 1 is 1.14 bits per heavy atom. The Morgan fingerprint density at radius 3 is 2.52 bits per heavy atom. The van der Waals surface area contributed by atoms with Crippen molar-refractivity contribution in [2.45, 2.75) is 12.5 Å². The molecule has 0 aliphatic rings. The molecule has 0 amide bonds. The summed E-state index contributed by atoms with van der Waals surface area (Å²) in [6.45, 7) is 0. The van der Waals surface area contributed by atoms with Crippen molar-refractivity contribution >= 4 is 11.6 Å². The van der Waals surface area contributed by atoms with Gasteiger partial charge in [0.2, 0.25) is 0 Å². The van der Waals surface area contributed by atoms with E-state index in [1.54, 1.807) is 31.4 Å². The quantitative estimate of drug-likeness (QED) is 0.913. The fraction of sp³-hybridized carbons (Fsp3) is 0.250. The maximum absolute atomic E-state index is 13.9. The Morgan fingerprint density at radius 2 is 1.86 bits per heavy atom.